The van der Waals surface area contributed by atoms with Crippen LogP contribution in [0.1, 0.15) is 19.7 Å². The average molecular weight is 301 g/mol. The Kier molecular flexibility index (Phi) is 5.33. The highest BCUT2D eigenvalue weighted by Gasteiger charge is 2.15. The predicted octanol–water partition coefficient (Wildman–Crippen LogP) is 2.55. The minimum absolute atomic E-state index is 0.381. The van der Waals surface area contributed by atoms with E-state index in [-0.39, 0.29) is 0 Å². The summed E-state index contributed by atoms with van der Waals surface area (Å²) >= 11 is 3.39. The Labute approximate surface area is 112 Å². The van der Waals surface area contributed by atoms with Gasteiger partial charge >= 0.3 is 0 Å². The molecule has 1 heterocycles. The third kappa shape index (κ3) is 5.00. The van der Waals surface area contributed by atoms with Gasteiger partial charge in [0, 0.05) is 18.7 Å². The number of hydrogen-bond acceptors (Lipinski definition) is 4. The molecule has 0 fully saturated rings. The van der Waals surface area contributed by atoms with Gasteiger partial charge in [-0.1, -0.05) is 13.8 Å². The summed E-state index contributed by atoms with van der Waals surface area (Å²) in [4.78, 5) is 10.8. The number of likely N-dealkylation sites (N-methyl/N-ethyl adjacent to an activating group) is 1. The molecule has 0 aromatic carbocycles. The first-order valence-electron chi connectivity index (χ1n) is 5.81. The highest BCUT2D eigenvalue weighted by molar-refractivity contribution is 9.10. The van der Waals surface area contributed by atoms with Crippen LogP contribution in [0, 0.1) is 12.8 Å². The van der Waals surface area contributed by atoms with Gasteiger partial charge in [0.05, 0.1) is 0 Å². The summed E-state index contributed by atoms with van der Waals surface area (Å²) in [5.41, 5.74) is 0. The second-order valence-electron chi connectivity index (χ2n) is 4.88. The summed E-state index contributed by atoms with van der Waals surface area (Å²) in [5, 5.41) is 3.47. The van der Waals surface area contributed by atoms with E-state index in [1.807, 2.05) is 13.0 Å². The van der Waals surface area contributed by atoms with E-state index >= 15 is 0 Å². The van der Waals surface area contributed by atoms with Crippen LogP contribution in [0.25, 0.3) is 0 Å². The second kappa shape index (κ2) is 6.31. The Bertz CT molecular complexity index is 345. The lowest BCUT2D eigenvalue weighted by molar-refractivity contribution is 0.344. The largest absolute Gasteiger partial charge is 0.366 e. The van der Waals surface area contributed by atoms with Crippen molar-refractivity contribution in [1.29, 1.82) is 0 Å². The van der Waals surface area contributed by atoms with E-state index in [2.05, 4.69) is 64.1 Å². The van der Waals surface area contributed by atoms with Gasteiger partial charge in [-0.25, -0.2) is 9.97 Å². The van der Waals surface area contributed by atoms with Crippen LogP contribution in [-0.4, -0.2) is 41.5 Å². The number of halogens is 1. The summed E-state index contributed by atoms with van der Waals surface area (Å²) in [5.74, 6) is 2.20. The Hall–Kier alpha value is -0.680. The van der Waals surface area contributed by atoms with Crippen LogP contribution in [0.3, 0.4) is 0 Å². The number of aryl methyl sites for hydroxylation is 1. The molecule has 5 heteroatoms. The molecule has 0 radical (unpaired) electrons. The van der Waals surface area contributed by atoms with E-state index in [0.29, 0.717) is 12.0 Å². The molecule has 96 valence electrons. The van der Waals surface area contributed by atoms with Gasteiger partial charge in [0.2, 0.25) is 0 Å². The predicted molar refractivity (Wildman–Crippen MR) is 75.3 cm³/mol. The van der Waals surface area contributed by atoms with Gasteiger partial charge in [-0.3, -0.25) is 0 Å². The molecule has 0 aliphatic carbocycles. The summed E-state index contributed by atoms with van der Waals surface area (Å²) in [6.07, 6.45) is 0. The fourth-order valence-corrected chi connectivity index (χ4v) is 2.09. The molecule has 1 rings (SSSR count). The first-order valence-corrected chi connectivity index (χ1v) is 6.60. The molecule has 0 aliphatic rings. The first kappa shape index (κ1) is 14.4. The molecular weight excluding hydrogens is 280 g/mol. The summed E-state index contributed by atoms with van der Waals surface area (Å²) < 4.78 is 0.819. The molecule has 17 heavy (non-hydrogen) atoms. The number of rotatable bonds is 5. The van der Waals surface area contributed by atoms with Crippen molar-refractivity contribution in [3.63, 3.8) is 0 Å². The third-order valence-corrected chi connectivity index (χ3v) is 2.91. The summed E-state index contributed by atoms with van der Waals surface area (Å²) in [6.45, 7) is 7.30. The van der Waals surface area contributed by atoms with Crippen LogP contribution in [0.15, 0.2) is 10.7 Å². The van der Waals surface area contributed by atoms with E-state index in [4.69, 9.17) is 0 Å². The van der Waals surface area contributed by atoms with Crippen molar-refractivity contribution in [2.75, 3.05) is 26.0 Å². The van der Waals surface area contributed by atoms with E-state index in [1.54, 1.807) is 0 Å². The number of nitrogens with one attached hydrogen (secondary N) is 1. The molecule has 0 saturated carbocycles. The van der Waals surface area contributed by atoms with Gasteiger partial charge in [0.25, 0.3) is 0 Å². The van der Waals surface area contributed by atoms with Crippen LogP contribution in [0.2, 0.25) is 0 Å². The quantitative estimate of drug-likeness (QED) is 0.849. The van der Waals surface area contributed by atoms with Crippen LogP contribution < -0.4 is 5.32 Å². The standard InChI is InChI=1S/C12H21BrN4/c1-8(2)10(7-17(4)5)16-12-6-11(13)14-9(3)15-12/h6,8,10H,7H2,1-5H3,(H,14,15,16). The van der Waals surface area contributed by atoms with Gasteiger partial charge in [-0.15, -0.1) is 0 Å². The molecular formula is C12H21BrN4. The van der Waals surface area contributed by atoms with Gasteiger partial charge in [-0.05, 0) is 42.9 Å². The molecule has 1 aromatic heterocycles. The zero-order chi connectivity index (χ0) is 13.0. The molecule has 1 aromatic rings. The molecule has 0 spiro atoms. The van der Waals surface area contributed by atoms with Crippen LogP contribution in [0.5, 0.6) is 0 Å². The SMILES string of the molecule is Cc1nc(Br)cc(NC(CN(C)C)C(C)C)n1. The van der Waals surface area contributed by atoms with Gasteiger partial charge in [-0.2, -0.15) is 0 Å². The normalized spacial score (nSPS) is 13.2. The lowest BCUT2D eigenvalue weighted by Crippen LogP contribution is -2.36. The maximum Gasteiger partial charge on any atom is 0.131 e. The molecule has 1 unspecified atom stereocenters. The highest BCUT2D eigenvalue weighted by Crippen LogP contribution is 2.15. The Morgan fingerprint density at radius 1 is 1.35 bits per heavy atom. The maximum atomic E-state index is 4.39. The molecule has 1 atom stereocenters. The summed E-state index contributed by atoms with van der Waals surface area (Å²) in [6, 6.07) is 2.30. The zero-order valence-electron chi connectivity index (χ0n) is 11.2. The smallest absolute Gasteiger partial charge is 0.131 e. The molecule has 4 nitrogen and oxygen atoms in total. The van der Waals surface area contributed by atoms with Gasteiger partial charge in [0.1, 0.15) is 16.2 Å². The van der Waals surface area contributed by atoms with E-state index in [9.17, 15) is 0 Å². The highest BCUT2D eigenvalue weighted by atomic mass is 79.9. The third-order valence-electron chi connectivity index (χ3n) is 2.51. The summed E-state index contributed by atoms with van der Waals surface area (Å²) in [7, 11) is 4.16. The van der Waals surface area contributed by atoms with Crippen LogP contribution in [-0.2, 0) is 0 Å². The molecule has 0 aliphatic heterocycles. The Morgan fingerprint density at radius 3 is 2.47 bits per heavy atom. The van der Waals surface area contributed by atoms with Crippen molar-refractivity contribution in [1.82, 2.24) is 14.9 Å². The number of anilines is 1. The fourth-order valence-electron chi connectivity index (χ4n) is 1.61. The number of nitrogens with zero attached hydrogens (tertiary/aromatic N) is 3. The van der Waals surface area contributed by atoms with Crippen molar-refractivity contribution < 1.29 is 0 Å². The molecule has 0 amide bonds. The zero-order valence-corrected chi connectivity index (χ0v) is 12.7. The lowest BCUT2D eigenvalue weighted by Gasteiger charge is -2.26. The van der Waals surface area contributed by atoms with E-state index in [0.717, 1.165) is 22.8 Å². The van der Waals surface area contributed by atoms with Gasteiger partial charge < -0.3 is 10.2 Å². The Morgan fingerprint density at radius 2 is 2.00 bits per heavy atom. The van der Waals surface area contributed by atoms with Crippen LogP contribution in [0.4, 0.5) is 5.82 Å². The van der Waals surface area contributed by atoms with E-state index in [1.165, 1.54) is 0 Å². The van der Waals surface area contributed by atoms with Crippen molar-refractivity contribution in [3.05, 3.63) is 16.5 Å². The number of aromatic nitrogens is 2. The monoisotopic (exact) mass is 300 g/mol. The topological polar surface area (TPSA) is 41.1 Å². The Balaban J connectivity index is 2.78. The fraction of sp³-hybridized carbons (Fsp3) is 0.667. The van der Waals surface area contributed by atoms with Crippen molar-refractivity contribution in [3.8, 4) is 0 Å². The molecule has 0 saturated heterocycles. The van der Waals surface area contributed by atoms with Crippen LogP contribution >= 0.6 is 15.9 Å². The lowest BCUT2D eigenvalue weighted by atomic mass is 10.0. The average Bonchev–Trinajstić information content (AvgIpc) is 2.13. The molecule has 0 bridgehead atoms. The van der Waals surface area contributed by atoms with Crippen molar-refractivity contribution >= 4 is 21.7 Å². The van der Waals surface area contributed by atoms with Gasteiger partial charge in [0.15, 0.2) is 0 Å². The van der Waals surface area contributed by atoms with Crippen molar-refractivity contribution in [2.45, 2.75) is 26.8 Å². The number of hydrogen-bond donors (Lipinski definition) is 1. The minimum atomic E-state index is 0.381. The molecule has 1 N–H and O–H groups in total. The van der Waals surface area contributed by atoms with Crippen molar-refractivity contribution in [2.24, 2.45) is 5.92 Å². The van der Waals surface area contributed by atoms with E-state index < -0.39 is 0 Å². The minimum Gasteiger partial charge on any atom is -0.366 e. The first-order chi connectivity index (χ1) is 7.88. The maximum absolute atomic E-state index is 4.39. The second-order valence-corrected chi connectivity index (χ2v) is 5.69.